The Labute approximate surface area is 237 Å². The standard InChI is InChI=1S/C23H29FIN6O7P/c1-4-35-20(33)12(2)30-39(34,38-13-8-6-5-7-9-13)36-11-15-17(32)23(3,24)21(37-15)31-10-14(25)16-18(26)28-22(27)29-19(16)31/h5-10,12,15,17,21,32H,4,11H2,1-3H3,(H,30,34)(H4,26,27,28,29)/t12-,15+,17+,21+,23+,39?/m0/s1. The number of alkyl halides is 1. The Bertz CT molecular complexity index is 1390. The van der Waals surface area contributed by atoms with Gasteiger partial charge in [-0.3, -0.25) is 9.32 Å². The van der Waals surface area contributed by atoms with Crippen LogP contribution in [-0.2, 0) is 23.4 Å². The van der Waals surface area contributed by atoms with Gasteiger partial charge < -0.3 is 35.1 Å². The lowest BCUT2D eigenvalue weighted by molar-refractivity contribution is -0.144. The van der Waals surface area contributed by atoms with Crippen molar-refractivity contribution in [3.63, 3.8) is 0 Å². The molecule has 1 unspecified atom stereocenters. The molecule has 0 bridgehead atoms. The molecule has 1 aromatic carbocycles. The van der Waals surface area contributed by atoms with Crippen LogP contribution in [0.5, 0.6) is 5.75 Å². The van der Waals surface area contributed by atoms with Crippen LogP contribution in [0, 0.1) is 3.57 Å². The molecule has 1 fully saturated rings. The number of carbonyl (C=O) groups excluding carboxylic acids is 1. The molecule has 0 saturated carbocycles. The third-order valence-electron chi connectivity index (χ3n) is 6.01. The Kier molecular flexibility index (Phi) is 8.68. The van der Waals surface area contributed by atoms with Gasteiger partial charge in [0.15, 0.2) is 17.5 Å². The number of nitrogens with one attached hydrogen (secondary N) is 1. The van der Waals surface area contributed by atoms with E-state index in [4.69, 9.17) is 30.0 Å². The quantitative estimate of drug-likeness (QED) is 0.140. The summed E-state index contributed by atoms with van der Waals surface area (Å²) >= 11 is 2.00. The molecule has 6 N–H and O–H groups in total. The van der Waals surface area contributed by atoms with Crippen LogP contribution in [0.1, 0.15) is 27.0 Å². The highest BCUT2D eigenvalue weighted by molar-refractivity contribution is 14.1. The molecule has 0 amide bonds. The highest BCUT2D eigenvalue weighted by Gasteiger charge is 2.56. The van der Waals surface area contributed by atoms with E-state index in [1.54, 1.807) is 43.5 Å². The maximum Gasteiger partial charge on any atom is 0.459 e. The minimum Gasteiger partial charge on any atom is -0.465 e. The van der Waals surface area contributed by atoms with Crippen LogP contribution in [0.3, 0.4) is 0 Å². The number of benzene rings is 1. The van der Waals surface area contributed by atoms with E-state index in [1.807, 2.05) is 22.6 Å². The number of nitrogens with zero attached hydrogens (tertiary/aromatic N) is 3. The van der Waals surface area contributed by atoms with Crippen LogP contribution in [-0.4, -0.2) is 62.7 Å². The number of para-hydroxylation sites is 1. The zero-order valence-electron chi connectivity index (χ0n) is 21.3. The van der Waals surface area contributed by atoms with Gasteiger partial charge in [-0.1, -0.05) is 18.2 Å². The number of hydrogen-bond donors (Lipinski definition) is 4. The fraction of sp³-hybridized carbons (Fsp3) is 0.435. The second-order valence-corrected chi connectivity index (χ2v) is 11.8. The van der Waals surface area contributed by atoms with E-state index in [0.29, 0.717) is 8.96 Å². The number of nitrogen functional groups attached to an aromatic ring is 2. The SMILES string of the molecule is CCOC(=O)[C@H](C)NP(=O)(OC[C@H]1O[C@@H](n2cc(I)c3c(N)nc(N)nc32)[C@](C)(F)[C@@H]1O)Oc1ccccc1. The molecular weight excluding hydrogens is 649 g/mol. The predicted octanol–water partition coefficient (Wildman–Crippen LogP) is 2.93. The number of nitrogens with two attached hydrogens (primary N) is 2. The average molecular weight is 678 g/mol. The van der Waals surface area contributed by atoms with Crippen molar-refractivity contribution in [3.05, 3.63) is 40.1 Å². The van der Waals surface area contributed by atoms with Crippen molar-refractivity contribution >= 4 is 59.1 Å². The lowest BCUT2D eigenvalue weighted by atomic mass is 9.98. The zero-order chi connectivity index (χ0) is 28.5. The number of aliphatic hydroxyl groups is 1. The molecule has 6 atom stereocenters. The molecule has 3 heterocycles. The van der Waals surface area contributed by atoms with E-state index in [1.165, 1.54) is 11.5 Å². The Morgan fingerprint density at radius 2 is 2.05 bits per heavy atom. The van der Waals surface area contributed by atoms with E-state index in [0.717, 1.165) is 6.92 Å². The fourth-order valence-corrected chi connectivity index (χ4v) is 6.43. The van der Waals surface area contributed by atoms with Crippen LogP contribution >= 0.6 is 30.3 Å². The minimum atomic E-state index is -4.26. The van der Waals surface area contributed by atoms with Crippen molar-refractivity contribution in [1.29, 1.82) is 0 Å². The van der Waals surface area contributed by atoms with Crippen molar-refractivity contribution in [1.82, 2.24) is 19.6 Å². The summed E-state index contributed by atoms with van der Waals surface area (Å²) in [6, 6.07) is 7.06. The van der Waals surface area contributed by atoms with Gasteiger partial charge in [0.1, 0.15) is 29.8 Å². The Morgan fingerprint density at radius 3 is 2.72 bits per heavy atom. The zero-order valence-corrected chi connectivity index (χ0v) is 24.3. The molecule has 0 aliphatic carbocycles. The highest BCUT2D eigenvalue weighted by Crippen LogP contribution is 2.48. The van der Waals surface area contributed by atoms with Crippen molar-refractivity contribution in [2.24, 2.45) is 0 Å². The normalized spacial score (nSPS) is 25.3. The van der Waals surface area contributed by atoms with Gasteiger partial charge in [0.05, 0.1) is 18.6 Å². The topological polar surface area (TPSA) is 186 Å². The Balaban J connectivity index is 1.58. The number of aliphatic hydroxyl groups excluding tert-OH is 1. The predicted molar refractivity (Wildman–Crippen MR) is 148 cm³/mol. The van der Waals surface area contributed by atoms with E-state index in [9.17, 15) is 14.5 Å². The Hall–Kier alpha value is -2.56. The number of hydrogen-bond acceptors (Lipinski definition) is 11. The molecule has 1 aliphatic heterocycles. The van der Waals surface area contributed by atoms with Crippen LogP contribution in [0.2, 0.25) is 0 Å². The molecular formula is C23H29FIN6O7P. The lowest BCUT2D eigenvalue weighted by Crippen LogP contribution is -2.41. The number of aromatic nitrogens is 3. The number of carbonyl (C=O) groups is 1. The maximum atomic E-state index is 16.0. The molecule has 39 heavy (non-hydrogen) atoms. The van der Waals surface area contributed by atoms with E-state index < -0.39 is 50.5 Å². The second kappa shape index (κ2) is 11.5. The first kappa shape index (κ1) is 29.4. The summed E-state index contributed by atoms with van der Waals surface area (Å²) < 4.78 is 53.7. The highest BCUT2D eigenvalue weighted by atomic mass is 127. The lowest BCUT2D eigenvalue weighted by Gasteiger charge is -2.25. The first-order valence-corrected chi connectivity index (χ1v) is 14.5. The monoisotopic (exact) mass is 678 g/mol. The van der Waals surface area contributed by atoms with Gasteiger partial charge in [0.25, 0.3) is 0 Å². The van der Waals surface area contributed by atoms with Crippen molar-refractivity contribution in [2.75, 3.05) is 24.7 Å². The summed E-state index contributed by atoms with van der Waals surface area (Å²) in [5.41, 5.74) is 9.63. The molecule has 16 heteroatoms. The minimum absolute atomic E-state index is 0.112. The molecule has 3 aromatic rings. The fourth-order valence-electron chi connectivity index (χ4n) is 4.12. The number of esters is 1. The van der Waals surface area contributed by atoms with Gasteiger partial charge in [0.2, 0.25) is 5.95 Å². The molecule has 0 radical (unpaired) electrons. The molecule has 2 aromatic heterocycles. The van der Waals surface area contributed by atoms with Crippen LogP contribution in [0.25, 0.3) is 11.0 Å². The first-order chi connectivity index (χ1) is 18.4. The maximum absolute atomic E-state index is 16.0. The first-order valence-electron chi connectivity index (χ1n) is 11.9. The van der Waals surface area contributed by atoms with Gasteiger partial charge >= 0.3 is 13.7 Å². The third kappa shape index (κ3) is 6.12. The van der Waals surface area contributed by atoms with Crippen LogP contribution in [0.4, 0.5) is 16.2 Å². The summed E-state index contributed by atoms with van der Waals surface area (Å²) in [4.78, 5) is 20.3. The summed E-state index contributed by atoms with van der Waals surface area (Å²) in [6.45, 7) is 3.78. The van der Waals surface area contributed by atoms with Crippen LogP contribution < -0.4 is 21.1 Å². The molecule has 212 valence electrons. The Morgan fingerprint density at radius 1 is 1.36 bits per heavy atom. The smallest absolute Gasteiger partial charge is 0.459 e. The number of anilines is 2. The molecule has 1 aliphatic rings. The summed E-state index contributed by atoms with van der Waals surface area (Å²) in [5.74, 6) is -0.495. The number of ether oxygens (including phenoxy) is 2. The van der Waals surface area contributed by atoms with Gasteiger partial charge in [0, 0.05) is 9.77 Å². The number of halogens is 2. The van der Waals surface area contributed by atoms with E-state index in [2.05, 4.69) is 15.1 Å². The van der Waals surface area contributed by atoms with Gasteiger partial charge in [-0.2, -0.15) is 15.1 Å². The molecule has 13 nitrogen and oxygen atoms in total. The number of fused-ring (bicyclic) bond motifs is 1. The molecule has 1 saturated heterocycles. The van der Waals surface area contributed by atoms with Crippen LogP contribution in [0.15, 0.2) is 36.5 Å². The van der Waals surface area contributed by atoms with Crippen molar-refractivity contribution in [2.45, 2.75) is 50.9 Å². The summed E-state index contributed by atoms with van der Waals surface area (Å²) in [5, 5.41) is 13.8. The van der Waals surface area contributed by atoms with E-state index >= 15 is 4.39 Å². The van der Waals surface area contributed by atoms with Gasteiger partial charge in [-0.15, -0.1) is 0 Å². The average Bonchev–Trinajstić information content (AvgIpc) is 3.30. The largest absolute Gasteiger partial charge is 0.465 e. The van der Waals surface area contributed by atoms with Gasteiger partial charge in [-0.25, -0.2) is 8.96 Å². The number of rotatable bonds is 10. The van der Waals surface area contributed by atoms with Gasteiger partial charge in [-0.05, 0) is 55.5 Å². The summed E-state index contributed by atoms with van der Waals surface area (Å²) in [7, 11) is -4.26. The van der Waals surface area contributed by atoms with Crippen molar-refractivity contribution in [3.8, 4) is 5.75 Å². The molecule has 0 spiro atoms. The second-order valence-electron chi connectivity index (χ2n) is 8.97. The van der Waals surface area contributed by atoms with E-state index in [-0.39, 0.29) is 29.8 Å². The summed E-state index contributed by atoms with van der Waals surface area (Å²) in [6.07, 6.45) is -2.81. The van der Waals surface area contributed by atoms with Crippen molar-refractivity contribution < 1.29 is 37.4 Å². The third-order valence-corrected chi connectivity index (χ3v) is 8.47. The molecule has 4 rings (SSSR count).